The molecule has 2 N–H and O–H groups in total. The van der Waals surface area contributed by atoms with Gasteiger partial charge in [-0.2, -0.15) is 0 Å². The monoisotopic (exact) mass is 364 g/mol. The number of rotatable bonds is 4. The number of likely N-dealkylation sites (tertiary alicyclic amines) is 1. The normalized spacial score (nSPS) is 19.7. The van der Waals surface area contributed by atoms with Crippen molar-refractivity contribution in [2.45, 2.75) is 39.0 Å². The summed E-state index contributed by atoms with van der Waals surface area (Å²) in [6.07, 6.45) is -1.33. The zero-order valence-corrected chi connectivity index (χ0v) is 15.1. The first-order chi connectivity index (χ1) is 12.2. The molecule has 1 saturated heterocycles. The van der Waals surface area contributed by atoms with Gasteiger partial charge in [0.2, 0.25) is 0 Å². The molecule has 0 aliphatic carbocycles. The van der Waals surface area contributed by atoms with Crippen molar-refractivity contribution in [1.29, 1.82) is 0 Å². The van der Waals surface area contributed by atoms with Crippen LogP contribution in [0.25, 0.3) is 0 Å². The van der Waals surface area contributed by atoms with E-state index in [0.29, 0.717) is 0 Å². The molecule has 1 aromatic carbocycles. The van der Waals surface area contributed by atoms with Crippen LogP contribution < -0.4 is 5.32 Å². The summed E-state index contributed by atoms with van der Waals surface area (Å²) in [5, 5.41) is 11.9. The quantitative estimate of drug-likeness (QED) is 0.849. The van der Waals surface area contributed by atoms with Gasteiger partial charge < -0.3 is 24.8 Å². The Balaban J connectivity index is 1.92. The number of carbonyl (C=O) groups is 3. The third-order valence-electron chi connectivity index (χ3n) is 3.80. The number of nitrogens with zero attached hydrogens (tertiary/aromatic N) is 1. The van der Waals surface area contributed by atoms with Crippen LogP contribution in [0.1, 0.15) is 26.3 Å². The van der Waals surface area contributed by atoms with E-state index in [1.54, 1.807) is 20.8 Å². The van der Waals surface area contributed by atoms with Crippen LogP contribution in [-0.2, 0) is 20.9 Å². The fourth-order valence-corrected chi connectivity index (χ4v) is 2.59. The minimum absolute atomic E-state index is 0.0339. The van der Waals surface area contributed by atoms with E-state index in [9.17, 15) is 19.5 Å². The van der Waals surface area contributed by atoms with Gasteiger partial charge in [0, 0.05) is 13.1 Å². The van der Waals surface area contributed by atoms with Crippen LogP contribution in [0.3, 0.4) is 0 Å². The number of carboxylic acids is 1. The van der Waals surface area contributed by atoms with E-state index in [4.69, 9.17) is 9.47 Å². The lowest BCUT2D eigenvalue weighted by atomic mass is 10.0. The highest BCUT2D eigenvalue weighted by molar-refractivity contribution is 5.77. The number of benzene rings is 1. The van der Waals surface area contributed by atoms with Crippen LogP contribution in [0.2, 0.25) is 0 Å². The SMILES string of the molecule is CC(C)(C)OC(=O)N1CC(C(=O)O)[C@@H](NC(=O)OCc2ccccc2)C1. The Morgan fingerprint density at radius 2 is 1.85 bits per heavy atom. The van der Waals surface area contributed by atoms with Crippen molar-refractivity contribution in [3.63, 3.8) is 0 Å². The third-order valence-corrected chi connectivity index (χ3v) is 3.80. The molecule has 1 unspecified atom stereocenters. The molecular formula is C18H24N2O6. The van der Waals surface area contributed by atoms with E-state index in [-0.39, 0.29) is 19.7 Å². The molecule has 1 aliphatic heterocycles. The van der Waals surface area contributed by atoms with Crippen molar-refractivity contribution in [3.05, 3.63) is 35.9 Å². The fraction of sp³-hybridized carbons (Fsp3) is 0.500. The second-order valence-corrected chi connectivity index (χ2v) is 7.14. The smallest absolute Gasteiger partial charge is 0.410 e. The zero-order valence-electron chi connectivity index (χ0n) is 15.1. The maximum Gasteiger partial charge on any atom is 0.410 e. The average Bonchev–Trinajstić information content (AvgIpc) is 2.96. The number of hydrogen-bond donors (Lipinski definition) is 2. The number of amides is 2. The van der Waals surface area contributed by atoms with Gasteiger partial charge in [0.05, 0.1) is 12.0 Å². The molecular weight excluding hydrogens is 340 g/mol. The second-order valence-electron chi connectivity index (χ2n) is 7.14. The van der Waals surface area contributed by atoms with Crippen LogP contribution in [0, 0.1) is 5.92 Å². The van der Waals surface area contributed by atoms with E-state index in [1.807, 2.05) is 30.3 Å². The third kappa shape index (κ3) is 5.65. The molecule has 142 valence electrons. The topological polar surface area (TPSA) is 105 Å². The van der Waals surface area contributed by atoms with Crippen LogP contribution in [0.5, 0.6) is 0 Å². The molecule has 2 rings (SSSR count). The Hall–Kier alpha value is -2.77. The van der Waals surface area contributed by atoms with Crippen molar-refractivity contribution in [3.8, 4) is 0 Å². The number of carboxylic acid groups (broad SMARTS) is 1. The van der Waals surface area contributed by atoms with Crippen LogP contribution >= 0.6 is 0 Å². The molecule has 0 bridgehead atoms. The summed E-state index contributed by atoms with van der Waals surface area (Å²) >= 11 is 0. The predicted molar refractivity (Wildman–Crippen MR) is 92.5 cm³/mol. The molecule has 0 aromatic heterocycles. The highest BCUT2D eigenvalue weighted by Crippen LogP contribution is 2.20. The standard InChI is InChI=1S/C18H24N2O6/c1-18(2,3)26-17(24)20-9-13(15(21)22)14(10-20)19-16(23)25-11-12-7-5-4-6-8-12/h4-8,13-14H,9-11H2,1-3H3,(H,19,23)(H,21,22)/t13?,14-/m0/s1. The van der Waals surface area contributed by atoms with Gasteiger partial charge in [-0.25, -0.2) is 9.59 Å². The van der Waals surface area contributed by atoms with Gasteiger partial charge in [-0.15, -0.1) is 0 Å². The van der Waals surface area contributed by atoms with E-state index in [2.05, 4.69) is 5.32 Å². The summed E-state index contributed by atoms with van der Waals surface area (Å²) in [6, 6.07) is 8.38. The summed E-state index contributed by atoms with van der Waals surface area (Å²) in [6.45, 7) is 5.28. The Labute approximate surface area is 152 Å². The average molecular weight is 364 g/mol. The van der Waals surface area contributed by atoms with Crippen molar-refractivity contribution in [1.82, 2.24) is 10.2 Å². The number of aliphatic carboxylic acids is 1. The van der Waals surface area contributed by atoms with E-state index in [1.165, 1.54) is 4.90 Å². The van der Waals surface area contributed by atoms with Crippen LogP contribution in [0.4, 0.5) is 9.59 Å². The van der Waals surface area contributed by atoms with Crippen LogP contribution in [0.15, 0.2) is 30.3 Å². The fourth-order valence-electron chi connectivity index (χ4n) is 2.59. The Morgan fingerprint density at radius 1 is 1.19 bits per heavy atom. The molecule has 1 heterocycles. The summed E-state index contributed by atoms with van der Waals surface area (Å²) in [5.74, 6) is -2.02. The lowest BCUT2D eigenvalue weighted by Gasteiger charge is -2.24. The number of ether oxygens (including phenoxy) is 2. The van der Waals surface area contributed by atoms with Gasteiger partial charge in [0.25, 0.3) is 0 Å². The molecule has 2 amide bonds. The highest BCUT2D eigenvalue weighted by Gasteiger charge is 2.42. The van der Waals surface area contributed by atoms with Crippen molar-refractivity contribution >= 4 is 18.2 Å². The highest BCUT2D eigenvalue weighted by atomic mass is 16.6. The van der Waals surface area contributed by atoms with E-state index in [0.717, 1.165) is 5.56 Å². The van der Waals surface area contributed by atoms with Gasteiger partial charge in [0.15, 0.2) is 0 Å². The Morgan fingerprint density at radius 3 is 2.42 bits per heavy atom. The number of alkyl carbamates (subject to hydrolysis) is 1. The summed E-state index contributed by atoms with van der Waals surface area (Å²) in [4.78, 5) is 36.9. The molecule has 0 spiro atoms. The molecule has 8 nitrogen and oxygen atoms in total. The van der Waals surface area contributed by atoms with E-state index >= 15 is 0 Å². The lowest BCUT2D eigenvalue weighted by molar-refractivity contribution is -0.141. The molecule has 26 heavy (non-hydrogen) atoms. The Kier molecular flexibility index (Phi) is 6.07. The largest absolute Gasteiger partial charge is 0.481 e. The summed E-state index contributed by atoms with van der Waals surface area (Å²) < 4.78 is 10.4. The molecule has 2 atom stereocenters. The van der Waals surface area contributed by atoms with E-state index < -0.39 is 35.7 Å². The van der Waals surface area contributed by atoms with Gasteiger partial charge in [-0.3, -0.25) is 4.79 Å². The number of nitrogens with one attached hydrogen (secondary N) is 1. The first-order valence-corrected chi connectivity index (χ1v) is 8.33. The van der Waals surface area contributed by atoms with Gasteiger partial charge >= 0.3 is 18.2 Å². The van der Waals surface area contributed by atoms with Crippen molar-refractivity contribution in [2.75, 3.05) is 13.1 Å². The maximum atomic E-state index is 12.1. The minimum atomic E-state index is -1.09. The zero-order chi connectivity index (χ0) is 19.3. The van der Waals surface area contributed by atoms with Crippen molar-refractivity contribution < 1.29 is 29.0 Å². The number of hydrogen-bond acceptors (Lipinski definition) is 5. The first kappa shape index (κ1) is 19.6. The lowest BCUT2D eigenvalue weighted by Crippen LogP contribution is -2.43. The van der Waals surface area contributed by atoms with Gasteiger partial charge in [-0.1, -0.05) is 30.3 Å². The molecule has 1 aromatic rings. The number of carbonyl (C=O) groups excluding carboxylic acids is 2. The first-order valence-electron chi connectivity index (χ1n) is 8.33. The molecule has 1 aliphatic rings. The molecule has 8 heteroatoms. The minimum Gasteiger partial charge on any atom is -0.481 e. The maximum absolute atomic E-state index is 12.1. The second kappa shape index (κ2) is 8.07. The predicted octanol–water partition coefficient (Wildman–Crippen LogP) is 2.23. The summed E-state index contributed by atoms with van der Waals surface area (Å²) in [7, 11) is 0. The molecule has 1 fully saturated rings. The molecule has 0 radical (unpaired) electrons. The van der Waals surface area contributed by atoms with Crippen LogP contribution in [-0.4, -0.2) is 52.9 Å². The van der Waals surface area contributed by atoms with Gasteiger partial charge in [0.1, 0.15) is 12.2 Å². The summed E-state index contributed by atoms with van der Waals surface area (Å²) in [5.41, 5.74) is 0.134. The Bertz CT molecular complexity index is 655. The molecule has 0 saturated carbocycles. The van der Waals surface area contributed by atoms with Gasteiger partial charge in [-0.05, 0) is 26.3 Å². The van der Waals surface area contributed by atoms with Crippen molar-refractivity contribution in [2.24, 2.45) is 5.92 Å².